The highest BCUT2D eigenvalue weighted by atomic mass is 35.5. The second kappa shape index (κ2) is 5.61. The third-order valence-corrected chi connectivity index (χ3v) is 4.57. The molecule has 1 saturated heterocycles. The summed E-state index contributed by atoms with van der Waals surface area (Å²) in [6, 6.07) is 0.428. The third-order valence-electron chi connectivity index (χ3n) is 4.02. The van der Waals surface area contributed by atoms with Crippen LogP contribution in [0.3, 0.4) is 0 Å². The van der Waals surface area contributed by atoms with Gasteiger partial charge in [-0.25, -0.2) is 0 Å². The lowest BCUT2D eigenvalue weighted by molar-refractivity contribution is 0.259. The fourth-order valence-corrected chi connectivity index (χ4v) is 3.66. The lowest BCUT2D eigenvalue weighted by Crippen LogP contribution is -2.38. The molecule has 2 fully saturated rings. The average molecular weight is 275 g/mol. The highest BCUT2D eigenvalue weighted by Gasteiger charge is 2.38. The van der Waals surface area contributed by atoms with E-state index in [1.54, 1.807) is 0 Å². The molecule has 1 aromatic heterocycles. The van der Waals surface area contributed by atoms with Gasteiger partial charge in [0.2, 0.25) is 0 Å². The average Bonchev–Trinajstić information content (AvgIpc) is 2.88. The molecule has 4 nitrogen and oxygen atoms in total. The molecule has 0 aromatic carbocycles. The van der Waals surface area contributed by atoms with E-state index < -0.39 is 0 Å². The van der Waals surface area contributed by atoms with Crippen LogP contribution in [0.15, 0.2) is 5.38 Å². The second-order valence-electron chi connectivity index (χ2n) is 5.11. The number of nitrogens with two attached hydrogens (primary N) is 1. The molecule has 1 saturated carbocycles. The molecule has 2 heterocycles. The van der Waals surface area contributed by atoms with E-state index >= 15 is 0 Å². The zero-order valence-electron chi connectivity index (χ0n) is 9.79. The van der Waals surface area contributed by atoms with Crippen LogP contribution in [0.1, 0.15) is 25.0 Å². The summed E-state index contributed by atoms with van der Waals surface area (Å²) in [6.07, 6.45) is 3.89. The molecule has 96 valence electrons. The highest BCUT2D eigenvalue weighted by molar-refractivity contribution is 7.03. The van der Waals surface area contributed by atoms with Crippen molar-refractivity contribution < 1.29 is 0 Å². The normalized spacial score (nSPS) is 33.1. The number of fused-ring (bicyclic) bond motifs is 1. The van der Waals surface area contributed by atoms with Crippen molar-refractivity contribution in [3.63, 3.8) is 0 Å². The predicted octanol–water partition coefficient (Wildman–Crippen LogP) is 1.52. The molecule has 0 spiro atoms. The van der Waals surface area contributed by atoms with Gasteiger partial charge in [0.15, 0.2) is 0 Å². The Morgan fingerprint density at radius 3 is 3.00 bits per heavy atom. The van der Waals surface area contributed by atoms with Crippen LogP contribution >= 0.6 is 23.9 Å². The third kappa shape index (κ3) is 2.78. The summed E-state index contributed by atoms with van der Waals surface area (Å²) in [5.41, 5.74) is 7.31. The predicted molar refractivity (Wildman–Crippen MR) is 71.2 cm³/mol. The standard InChI is InChI=1S/C11H18N4S.ClH/c12-11-3-1-2-8-4-15(6-10(8)11)5-9-7-16-14-13-9;/h7-8,10-11H,1-6,12H2;1H. The molecule has 2 aliphatic rings. The number of hydrogen-bond acceptors (Lipinski definition) is 5. The van der Waals surface area contributed by atoms with Crippen LogP contribution in [0, 0.1) is 11.8 Å². The van der Waals surface area contributed by atoms with E-state index in [1.807, 2.05) is 5.38 Å². The van der Waals surface area contributed by atoms with E-state index in [2.05, 4.69) is 14.5 Å². The van der Waals surface area contributed by atoms with Crippen LogP contribution in [-0.4, -0.2) is 33.6 Å². The summed E-state index contributed by atoms with van der Waals surface area (Å²) in [4.78, 5) is 2.50. The van der Waals surface area contributed by atoms with Crippen LogP contribution in [0.4, 0.5) is 0 Å². The molecule has 3 rings (SSSR count). The minimum atomic E-state index is 0. The molecule has 1 aliphatic heterocycles. The van der Waals surface area contributed by atoms with Crippen molar-refractivity contribution in [1.29, 1.82) is 0 Å². The van der Waals surface area contributed by atoms with Gasteiger partial charge < -0.3 is 5.73 Å². The van der Waals surface area contributed by atoms with Crippen molar-refractivity contribution in [3.8, 4) is 0 Å². The quantitative estimate of drug-likeness (QED) is 0.888. The van der Waals surface area contributed by atoms with E-state index in [0.29, 0.717) is 6.04 Å². The Labute approximate surface area is 112 Å². The lowest BCUT2D eigenvalue weighted by Gasteiger charge is -2.29. The maximum absolute atomic E-state index is 6.20. The maximum Gasteiger partial charge on any atom is 0.0895 e. The van der Waals surface area contributed by atoms with Crippen molar-refractivity contribution in [1.82, 2.24) is 14.5 Å². The molecule has 0 amide bonds. The van der Waals surface area contributed by atoms with E-state index in [4.69, 9.17) is 5.73 Å². The fraction of sp³-hybridized carbons (Fsp3) is 0.818. The Hall–Kier alpha value is -0.230. The molecule has 1 aromatic rings. The van der Waals surface area contributed by atoms with Gasteiger partial charge in [-0.05, 0) is 36.2 Å². The number of hydrogen-bond donors (Lipinski definition) is 1. The van der Waals surface area contributed by atoms with Gasteiger partial charge in [-0.1, -0.05) is 10.9 Å². The Kier molecular flexibility index (Phi) is 4.36. The molecule has 0 radical (unpaired) electrons. The molecule has 1 aliphatic carbocycles. The largest absolute Gasteiger partial charge is 0.327 e. The zero-order valence-corrected chi connectivity index (χ0v) is 11.4. The monoisotopic (exact) mass is 274 g/mol. The van der Waals surface area contributed by atoms with Gasteiger partial charge in [0, 0.05) is 31.1 Å². The molecular weight excluding hydrogens is 256 g/mol. The molecular formula is C11H19ClN4S. The number of halogens is 1. The lowest BCUT2D eigenvalue weighted by atomic mass is 9.78. The summed E-state index contributed by atoms with van der Waals surface area (Å²) in [5, 5.41) is 6.16. The molecule has 0 bridgehead atoms. The van der Waals surface area contributed by atoms with Crippen molar-refractivity contribution in [2.75, 3.05) is 13.1 Å². The van der Waals surface area contributed by atoms with Crippen LogP contribution < -0.4 is 5.73 Å². The van der Waals surface area contributed by atoms with Gasteiger partial charge in [-0.15, -0.1) is 17.5 Å². The van der Waals surface area contributed by atoms with Crippen LogP contribution in [0.25, 0.3) is 0 Å². The molecule has 3 atom stereocenters. The van der Waals surface area contributed by atoms with Gasteiger partial charge in [0.25, 0.3) is 0 Å². The molecule has 2 N–H and O–H groups in total. The summed E-state index contributed by atoms with van der Waals surface area (Å²) in [7, 11) is 0. The maximum atomic E-state index is 6.20. The number of likely N-dealkylation sites (tertiary alicyclic amines) is 1. The highest BCUT2D eigenvalue weighted by Crippen LogP contribution is 2.35. The molecule has 6 heteroatoms. The van der Waals surface area contributed by atoms with Gasteiger partial charge in [-0.2, -0.15) is 0 Å². The van der Waals surface area contributed by atoms with Crippen molar-refractivity contribution >= 4 is 23.9 Å². The summed E-state index contributed by atoms with van der Waals surface area (Å²) < 4.78 is 3.91. The summed E-state index contributed by atoms with van der Waals surface area (Å²) in [5.74, 6) is 1.55. The Balaban J connectivity index is 0.00000108. The Morgan fingerprint density at radius 2 is 2.29 bits per heavy atom. The first-order chi connectivity index (χ1) is 7.83. The van der Waals surface area contributed by atoms with E-state index in [-0.39, 0.29) is 12.4 Å². The SMILES string of the molecule is Cl.NC1CCCC2CN(Cc3csnn3)CC12. The summed E-state index contributed by atoms with van der Waals surface area (Å²) in [6.45, 7) is 3.31. The Bertz CT molecular complexity index is 345. The zero-order chi connectivity index (χ0) is 11.0. The van der Waals surface area contributed by atoms with Crippen LogP contribution in [0.5, 0.6) is 0 Å². The van der Waals surface area contributed by atoms with E-state index in [0.717, 1.165) is 30.6 Å². The van der Waals surface area contributed by atoms with Crippen molar-refractivity contribution in [2.45, 2.75) is 31.8 Å². The van der Waals surface area contributed by atoms with Gasteiger partial charge in [0.05, 0.1) is 5.69 Å². The number of rotatable bonds is 2. The topological polar surface area (TPSA) is 55.0 Å². The van der Waals surface area contributed by atoms with Gasteiger partial charge >= 0.3 is 0 Å². The smallest absolute Gasteiger partial charge is 0.0895 e. The first-order valence-electron chi connectivity index (χ1n) is 6.07. The Morgan fingerprint density at radius 1 is 1.41 bits per heavy atom. The van der Waals surface area contributed by atoms with Gasteiger partial charge in [-0.3, -0.25) is 4.90 Å². The number of nitrogens with zero attached hydrogens (tertiary/aromatic N) is 3. The molecule has 17 heavy (non-hydrogen) atoms. The number of aromatic nitrogens is 2. The second-order valence-corrected chi connectivity index (χ2v) is 5.72. The minimum absolute atomic E-state index is 0. The minimum Gasteiger partial charge on any atom is -0.327 e. The van der Waals surface area contributed by atoms with Crippen LogP contribution in [-0.2, 0) is 6.54 Å². The van der Waals surface area contributed by atoms with E-state index in [1.165, 1.54) is 37.3 Å². The van der Waals surface area contributed by atoms with Crippen molar-refractivity contribution in [2.24, 2.45) is 17.6 Å². The first-order valence-corrected chi connectivity index (χ1v) is 6.90. The van der Waals surface area contributed by atoms with Gasteiger partial charge in [0.1, 0.15) is 0 Å². The first kappa shape index (κ1) is 13.2. The molecule has 3 unspecified atom stereocenters. The van der Waals surface area contributed by atoms with Crippen molar-refractivity contribution in [3.05, 3.63) is 11.1 Å². The fourth-order valence-electron chi connectivity index (χ4n) is 3.22. The summed E-state index contributed by atoms with van der Waals surface area (Å²) >= 11 is 1.44. The van der Waals surface area contributed by atoms with Crippen LogP contribution in [0.2, 0.25) is 0 Å². The van der Waals surface area contributed by atoms with E-state index in [9.17, 15) is 0 Å².